The number of rotatable bonds is 1. The summed E-state index contributed by atoms with van der Waals surface area (Å²) in [6, 6.07) is 7.41. The summed E-state index contributed by atoms with van der Waals surface area (Å²) in [4.78, 5) is 26.8. The van der Waals surface area contributed by atoms with Crippen LogP contribution in [0.25, 0.3) is 0 Å². The Balaban J connectivity index is 1.77. The van der Waals surface area contributed by atoms with Crippen LogP contribution in [0.4, 0.5) is 5.69 Å². The maximum Gasteiger partial charge on any atom is 0.238 e. The molecule has 20 heavy (non-hydrogen) atoms. The van der Waals surface area contributed by atoms with Crippen LogP contribution in [0, 0.1) is 23.7 Å². The highest BCUT2D eigenvalue weighted by Gasteiger charge is 2.56. The first-order chi connectivity index (χ1) is 9.66. The number of hydrogen-bond acceptors (Lipinski definition) is 2. The molecule has 4 heteroatoms. The van der Waals surface area contributed by atoms with E-state index in [-0.39, 0.29) is 35.5 Å². The monoisotopic (exact) mass is 331 g/mol. The predicted octanol–water partition coefficient (Wildman–Crippen LogP) is 3.15. The molecule has 2 amide bonds. The van der Waals surface area contributed by atoms with E-state index in [1.165, 1.54) is 4.90 Å². The van der Waals surface area contributed by atoms with Crippen molar-refractivity contribution in [2.45, 2.75) is 12.8 Å². The molecule has 1 heterocycles. The Morgan fingerprint density at radius 2 is 1.60 bits per heavy atom. The second-order valence-corrected chi connectivity index (χ2v) is 6.75. The molecule has 3 aliphatic carbocycles. The molecule has 0 spiro atoms. The van der Waals surface area contributed by atoms with Crippen molar-refractivity contribution in [2.24, 2.45) is 23.7 Å². The quantitative estimate of drug-likeness (QED) is 0.585. The first-order valence-corrected chi connectivity index (χ1v) is 7.78. The van der Waals surface area contributed by atoms with E-state index in [1.807, 2.05) is 24.3 Å². The van der Waals surface area contributed by atoms with Gasteiger partial charge in [0.05, 0.1) is 17.5 Å². The Morgan fingerprint density at radius 3 is 2.10 bits per heavy atom. The molecule has 0 aromatic heterocycles. The summed E-state index contributed by atoms with van der Waals surface area (Å²) in [5.74, 6) is 0.196. The molecule has 1 saturated carbocycles. The topological polar surface area (TPSA) is 37.4 Å². The molecule has 102 valence electrons. The van der Waals surface area contributed by atoms with Crippen LogP contribution in [0.1, 0.15) is 12.8 Å². The lowest BCUT2D eigenvalue weighted by molar-refractivity contribution is -0.124. The minimum atomic E-state index is -0.134. The lowest BCUT2D eigenvalue weighted by Gasteiger charge is -2.38. The van der Waals surface area contributed by atoms with Gasteiger partial charge in [-0.1, -0.05) is 34.1 Å². The van der Waals surface area contributed by atoms with Crippen molar-refractivity contribution in [1.82, 2.24) is 0 Å². The first-order valence-electron chi connectivity index (χ1n) is 6.98. The second-order valence-electron chi connectivity index (χ2n) is 5.83. The molecule has 5 rings (SSSR count). The van der Waals surface area contributed by atoms with Gasteiger partial charge in [-0.3, -0.25) is 9.59 Å². The van der Waals surface area contributed by atoms with Gasteiger partial charge < -0.3 is 0 Å². The largest absolute Gasteiger partial charge is 0.274 e. The van der Waals surface area contributed by atoms with Crippen molar-refractivity contribution < 1.29 is 9.59 Å². The number of anilines is 1. The van der Waals surface area contributed by atoms with Gasteiger partial charge in [0.25, 0.3) is 0 Å². The van der Waals surface area contributed by atoms with Crippen molar-refractivity contribution >= 4 is 33.4 Å². The molecule has 0 unspecified atom stereocenters. The summed E-state index contributed by atoms with van der Waals surface area (Å²) >= 11 is 3.40. The number of carbonyl (C=O) groups is 2. The number of imide groups is 1. The fourth-order valence-corrected chi connectivity index (χ4v) is 4.33. The van der Waals surface area contributed by atoms with Crippen LogP contribution in [0.5, 0.6) is 0 Å². The number of fused-ring (bicyclic) bond motifs is 1. The van der Waals surface area contributed by atoms with Gasteiger partial charge in [0, 0.05) is 4.47 Å². The van der Waals surface area contributed by atoms with Crippen LogP contribution < -0.4 is 4.90 Å². The summed E-state index contributed by atoms with van der Waals surface area (Å²) < 4.78 is 0.881. The van der Waals surface area contributed by atoms with E-state index in [2.05, 4.69) is 28.1 Å². The number of carbonyl (C=O) groups excluding carboxylic acids is 2. The van der Waals surface area contributed by atoms with E-state index < -0.39 is 0 Å². The fourth-order valence-electron chi connectivity index (χ4n) is 3.94. The molecule has 1 aromatic carbocycles. The number of allylic oxidation sites excluding steroid dienone is 2. The molecule has 1 aliphatic heterocycles. The van der Waals surface area contributed by atoms with Gasteiger partial charge in [-0.2, -0.15) is 0 Å². The van der Waals surface area contributed by atoms with Crippen molar-refractivity contribution in [3.8, 4) is 0 Å². The maximum atomic E-state index is 12.7. The molecule has 2 fully saturated rings. The highest BCUT2D eigenvalue weighted by molar-refractivity contribution is 9.10. The van der Waals surface area contributed by atoms with E-state index in [1.54, 1.807) is 0 Å². The van der Waals surface area contributed by atoms with Crippen molar-refractivity contribution in [3.05, 3.63) is 40.9 Å². The zero-order valence-corrected chi connectivity index (χ0v) is 12.4. The fraction of sp³-hybridized carbons (Fsp3) is 0.375. The number of halogens is 1. The molecular formula is C16H14BrNO2. The summed E-state index contributed by atoms with van der Waals surface area (Å²) in [6.45, 7) is 0. The minimum Gasteiger partial charge on any atom is -0.274 e. The molecule has 4 atom stereocenters. The van der Waals surface area contributed by atoms with Crippen LogP contribution in [0.15, 0.2) is 40.9 Å². The molecule has 3 nitrogen and oxygen atoms in total. The van der Waals surface area contributed by atoms with Gasteiger partial charge in [-0.15, -0.1) is 0 Å². The molecule has 1 saturated heterocycles. The normalized spacial score (nSPS) is 34.8. The van der Waals surface area contributed by atoms with E-state index in [4.69, 9.17) is 0 Å². The Labute approximate surface area is 125 Å². The lowest BCUT2D eigenvalue weighted by Crippen LogP contribution is -2.38. The first kappa shape index (κ1) is 12.3. The van der Waals surface area contributed by atoms with Gasteiger partial charge in [0.2, 0.25) is 11.8 Å². The summed E-state index contributed by atoms with van der Waals surface area (Å²) in [7, 11) is 0. The average Bonchev–Trinajstić information content (AvgIpc) is 2.74. The van der Waals surface area contributed by atoms with Crippen molar-refractivity contribution in [3.63, 3.8) is 0 Å². The van der Waals surface area contributed by atoms with Crippen LogP contribution in [-0.4, -0.2) is 11.8 Å². The van der Waals surface area contributed by atoms with Gasteiger partial charge in [0.15, 0.2) is 0 Å². The Kier molecular flexibility index (Phi) is 2.64. The number of benzene rings is 1. The van der Waals surface area contributed by atoms with Gasteiger partial charge >= 0.3 is 0 Å². The molecule has 0 radical (unpaired) electrons. The standard InChI is InChI=1S/C16H14BrNO2/c17-11-2-1-3-12(8-11)18-15(19)13-9-4-5-10(7-6-9)14(13)16(18)20/h1-5,8-10,13-14H,6-7H2/t9-,10-,13+,14+/m1/s1. The highest BCUT2D eigenvalue weighted by Crippen LogP contribution is 2.50. The summed E-state index contributed by atoms with van der Waals surface area (Å²) in [5.41, 5.74) is 0.683. The predicted molar refractivity (Wildman–Crippen MR) is 79.0 cm³/mol. The molecule has 4 aliphatic rings. The van der Waals surface area contributed by atoms with Gasteiger partial charge in [-0.05, 0) is 42.9 Å². The van der Waals surface area contributed by atoms with Crippen LogP contribution in [-0.2, 0) is 9.59 Å². The molecule has 1 aromatic rings. The van der Waals surface area contributed by atoms with E-state index >= 15 is 0 Å². The van der Waals surface area contributed by atoms with Gasteiger partial charge in [0.1, 0.15) is 0 Å². The Hall–Kier alpha value is -1.42. The SMILES string of the molecule is O=C1[C@@H]2[C@@H](C(=O)N1c1cccc(Br)c1)[C@@H]1C=C[C@@H]2CC1. The third kappa shape index (κ3) is 1.57. The Morgan fingerprint density at radius 1 is 1.00 bits per heavy atom. The van der Waals surface area contributed by atoms with Crippen molar-refractivity contribution in [1.29, 1.82) is 0 Å². The summed E-state index contributed by atoms with van der Waals surface area (Å²) in [6.07, 6.45) is 6.36. The number of nitrogens with zero attached hydrogens (tertiary/aromatic N) is 1. The van der Waals surface area contributed by atoms with Crippen LogP contribution in [0.3, 0.4) is 0 Å². The molecular weight excluding hydrogens is 318 g/mol. The number of amides is 2. The van der Waals surface area contributed by atoms with E-state index in [0.717, 1.165) is 17.3 Å². The lowest BCUT2D eigenvalue weighted by atomic mass is 9.63. The third-order valence-corrected chi connectivity index (χ3v) is 5.32. The molecule has 0 N–H and O–H groups in total. The second kappa shape index (κ2) is 4.29. The zero-order chi connectivity index (χ0) is 13.9. The van der Waals surface area contributed by atoms with E-state index in [0.29, 0.717) is 5.69 Å². The van der Waals surface area contributed by atoms with Gasteiger partial charge in [-0.25, -0.2) is 4.90 Å². The van der Waals surface area contributed by atoms with E-state index in [9.17, 15) is 9.59 Å². The van der Waals surface area contributed by atoms with Crippen LogP contribution >= 0.6 is 15.9 Å². The van der Waals surface area contributed by atoms with Crippen LogP contribution in [0.2, 0.25) is 0 Å². The molecule has 2 bridgehead atoms. The zero-order valence-electron chi connectivity index (χ0n) is 10.8. The average molecular weight is 332 g/mol. The van der Waals surface area contributed by atoms with Crippen molar-refractivity contribution in [2.75, 3.05) is 4.90 Å². The smallest absolute Gasteiger partial charge is 0.238 e. The summed E-state index contributed by atoms with van der Waals surface area (Å²) in [5, 5.41) is 0. The number of hydrogen-bond donors (Lipinski definition) is 0. The minimum absolute atomic E-state index is 0.0165. The Bertz CT molecular complexity index is 607. The maximum absolute atomic E-state index is 12.7. The third-order valence-electron chi connectivity index (χ3n) is 4.83. The highest BCUT2D eigenvalue weighted by atomic mass is 79.9.